The van der Waals surface area contributed by atoms with Crippen molar-refractivity contribution >= 4 is 0 Å². The average Bonchev–Trinajstić information content (AvgIpc) is 2.75. The lowest BCUT2D eigenvalue weighted by atomic mass is 10.1. The first-order valence-electron chi connectivity index (χ1n) is 6.79. The number of aromatic amines is 1. The van der Waals surface area contributed by atoms with Crippen LogP contribution in [0.25, 0.3) is 0 Å². The Kier molecular flexibility index (Phi) is 3.36. The molecule has 0 saturated heterocycles. The SMILES string of the molecule is COc1ccc(CN2CCc3[nH]n(C)c(=O)c3C2)cc1. The van der Waals surface area contributed by atoms with Gasteiger partial charge in [0, 0.05) is 38.8 Å². The van der Waals surface area contributed by atoms with E-state index in [1.54, 1.807) is 18.8 Å². The molecule has 0 radical (unpaired) electrons. The highest BCUT2D eigenvalue weighted by Gasteiger charge is 2.21. The third kappa shape index (κ3) is 2.36. The number of aromatic nitrogens is 2. The summed E-state index contributed by atoms with van der Waals surface area (Å²) >= 11 is 0. The zero-order valence-electron chi connectivity index (χ0n) is 11.8. The van der Waals surface area contributed by atoms with E-state index in [0.29, 0.717) is 0 Å². The largest absolute Gasteiger partial charge is 0.497 e. The molecule has 3 rings (SSSR count). The van der Waals surface area contributed by atoms with Crippen LogP contribution in [-0.4, -0.2) is 28.3 Å². The minimum absolute atomic E-state index is 0.0967. The Hall–Kier alpha value is -2.01. The van der Waals surface area contributed by atoms with Gasteiger partial charge in [-0.25, -0.2) is 0 Å². The average molecular weight is 273 g/mol. The summed E-state index contributed by atoms with van der Waals surface area (Å²) < 4.78 is 6.73. The Balaban J connectivity index is 1.73. The van der Waals surface area contributed by atoms with Gasteiger partial charge in [-0.15, -0.1) is 0 Å². The molecule has 0 unspecified atom stereocenters. The van der Waals surface area contributed by atoms with Gasteiger partial charge in [0.2, 0.25) is 0 Å². The van der Waals surface area contributed by atoms with E-state index < -0.39 is 0 Å². The molecule has 1 aliphatic heterocycles. The first kappa shape index (κ1) is 13.0. The van der Waals surface area contributed by atoms with Crippen LogP contribution in [0, 0.1) is 0 Å². The summed E-state index contributed by atoms with van der Waals surface area (Å²) in [5, 5.41) is 3.13. The van der Waals surface area contributed by atoms with Crippen LogP contribution in [0.15, 0.2) is 29.1 Å². The zero-order chi connectivity index (χ0) is 14.1. The standard InChI is InChI=1S/C15H19N3O2/c1-17-15(19)13-10-18(8-7-14(13)16-17)9-11-3-5-12(20-2)6-4-11/h3-6,16H,7-10H2,1-2H3. The van der Waals surface area contributed by atoms with Crippen molar-refractivity contribution in [3.63, 3.8) is 0 Å². The van der Waals surface area contributed by atoms with E-state index >= 15 is 0 Å². The smallest absolute Gasteiger partial charge is 0.270 e. The van der Waals surface area contributed by atoms with Crippen LogP contribution in [0.1, 0.15) is 16.8 Å². The van der Waals surface area contributed by atoms with E-state index in [1.165, 1.54) is 5.56 Å². The van der Waals surface area contributed by atoms with Crippen molar-refractivity contribution in [1.82, 2.24) is 14.7 Å². The van der Waals surface area contributed by atoms with Crippen molar-refractivity contribution in [2.45, 2.75) is 19.5 Å². The second-order valence-corrected chi connectivity index (χ2v) is 5.24. The monoisotopic (exact) mass is 273 g/mol. The normalized spacial score (nSPS) is 15.1. The van der Waals surface area contributed by atoms with Crippen molar-refractivity contribution in [2.75, 3.05) is 13.7 Å². The quantitative estimate of drug-likeness (QED) is 0.916. The highest BCUT2D eigenvalue weighted by atomic mass is 16.5. The lowest BCUT2D eigenvalue weighted by molar-refractivity contribution is 0.244. The summed E-state index contributed by atoms with van der Waals surface area (Å²) in [4.78, 5) is 14.3. The molecule has 106 valence electrons. The van der Waals surface area contributed by atoms with Crippen LogP contribution in [0.4, 0.5) is 0 Å². The Morgan fingerprint density at radius 2 is 2.05 bits per heavy atom. The Morgan fingerprint density at radius 3 is 2.75 bits per heavy atom. The number of benzene rings is 1. The summed E-state index contributed by atoms with van der Waals surface area (Å²) in [5.74, 6) is 0.870. The molecule has 0 saturated carbocycles. The minimum atomic E-state index is 0.0967. The van der Waals surface area contributed by atoms with E-state index in [1.807, 2.05) is 12.1 Å². The summed E-state index contributed by atoms with van der Waals surface area (Å²) in [6.45, 7) is 2.55. The van der Waals surface area contributed by atoms with Gasteiger partial charge < -0.3 is 4.74 Å². The number of nitrogens with zero attached hydrogens (tertiary/aromatic N) is 2. The molecule has 0 aliphatic carbocycles. The third-order valence-corrected chi connectivity index (χ3v) is 3.85. The van der Waals surface area contributed by atoms with E-state index in [9.17, 15) is 4.79 Å². The molecule has 5 nitrogen and oxygen atoms in total. The van der Waals surface area contributed by atoms with Crippen molar-refractivity contribution < 1.29 is 4.74 Å². The van der Waals surface area contributed by atoms with Crippen molar-refractivity contribution in [1.29, 1.82) is 0 Å². The van der Waals surface area contributed by atoms with E-state index in [-0.39, 0.29) is 5.56 Å². The number of methoxy groups -OCH3 is 1. The fraction of sp³-hybridized carbons (Fsp3) is 0.400. The van der Waals surface area contributed by atoms with Crippen molar-refractivity contribution in [2.24, 2.45) is 7.05 Å². The van der Waals surface area contributed by atoms with Crippen molar-refractivity contribution in [3.8, 4) is 5.75 Å². The first-order chi connectivity index (χ1) is 9.67. The van der Waals surface area contributed by atoms with Gasteiger partial charge in [0.25, 0.3) is 5.56 Å². The number of fused-ring (bicyclic) bond motifs is 1. The summed E-state index contributed by atoms with van der Waals surface area (Å²) in [7, 11) is 3.44. The van der Waals surface area contributed by atoms with Gasteiger partial charge in [0.15, 0.2) is 0 Å². The molecule has 20 heavy (non-hydrogen) atoms. The topological polar surface area (TPSA) is 50.3 Å². The highest BCUT2D eigenvalue weighted by molar-refractivity contribution is 5.27. The highest BCUT2D eigenvalue weighted by Crippen LogP contribution is 2.18. The fourth-order valence-corrected chi connectivity index (χ4v) is 2.72. The molecule has 2 aromatic rings. The Labute approximate surface area is 117 Å². The van der Waals surface area contributed by atoms with Crippen LogP contribution in [0.5, 0.6) is 5.75 Å². The maximum atomic E-state index is 12.0. The predicted octanol–water partition coefficient (Wildman–Crippen LogP) is 1.28. The van der Waals surface area contributed by atoms with E-state index in [2.05, 4.69) is 22.1 Å². The number of nitrogens with one attached hydrogen (secondary N) is 1. The number of aryl methyl sites for hydroxylation is 1. The van der Waals surface area contributed by atoms with E-state index in [0.717, 1.165) is 43.1 Å². The molecule has 1 N–H and O–H groups in total. The number of ether oxygens (including phenoxy) is 1. The second-order valence-electron chi connectivity index (χ2n) is 5.24. The summed E-state index contributed by atoms with van der Waals surface area (Å²) in [6, 6.07) is 8.09. The molecule has 1 aliphatic rings. The lowest BCUT2D eigenvalue weighted by Crippen LogP contribution is -2.32. The predicted molar refractivity (Wildman–Crippen MR) is 76.8 cm³/mol. The van der Waals surface area contributed by atoms with E-state index in [4.69, 9.17) is 4.74 Å². The van der Waals surface area contributed by atoms with Crippen LogP contribution >= 0.6 is 0 Å². The van der Waals surface area contributed by atoms with Gasteiger partial charge in [-0.2, -0.15) is 0 Å². The molecule has 5 heteroatoms. The van der Waals surface area contributed by atoms with Crippen LogP contribution in [-0.2, 0) is 26.6 Å². The third-order valence-electron chi connectivity index (χ3n) is 3.85. The number of rotatable bonds is 3. The maximum Gasteiger partial charge on any atom is 0.270 e. The van der Waals surface area contributed by atoms with Crippen molar-refractivity contribution in [3.05, 3.63) is 51.4 Å². The van der Waals surface area contributed by atoms with Crippen LogP contribution in [0.3, 0.4) is 0 Å². The Morgan fingerprint density at radius 1 is 1.30 bits per heavy atom. The van der Waals surface area contributed by atoms with Gasteiger partial charge >= 0.3 is 0 Å². The van der Waals surface area contributed by atoms with Gasteiger partial charge in [-0.05, 0) is 17.7 Å². The van der Waals surface area contributed by atoms with Gasteiger partial charge in [-0.3, -0.25) is 19.5 Å². The van der Waals surface area contributed by atoms with Crippen LogP contribution in [0.2, 0.25) is 0 Å². The van der Waals surface area contributed by atoms with Gasteiger partial charge in [0.1, 0.15) is 5.75 Å². The molecule has 0 atom stereocenters. The fourth-order valence-electron chi connectivity index (χ4n) is 2.72. The maximum absolute atomic E-state index is 12.0. The molecular weight excluding hydrogens is 254 g/mol. The van der Waals surface area contributed by atoms with Gasteiger partial charge in [-0.1, -0.05) is 12.1 Å². The molecule has 1 aromatic heterocycles. The molecule has 1 aromatic carbocycles. The first-order valence-corrected chi connectivity index (χ1v) is 6.79. The van der Waals surface area contributed by atoms with Crippen LogP contribution < -0.4 is 10.3 Å². The Bertz CT molecular complexity index is 655. The lowest BCUT2D eigenvalue weighted by Gasteiger charge is -2.25. The summed E-state index contributed by atoms with van der Waals surface area (Å²) in [5.41, 5.74) is 3.33. The minimum Gasteiger partial charge on any atom is -0.497 e. The number of hydrogen-bond acceptors (Lipinski definition) is 3. The second kappa shape index (κ2) is 5.17. The molecule has 0 amide bonds. The zero-order valence-corrected chi connectivity index (χ0v) is 11.8. The molecule has 0 spiro atoms. The molecule has 0 bridgehead atoms. The van der Waals surface area contributed by atoms with Gasteiger partial charge in [0.05, 0.1) is 12.7 Å². The molecule has 0 fully saturated rings. The number of hydrogen-bond donors (Lipinski definition) is 1. The summed E-state index contributed by atoms with van der Waals surface area (Å²) in [6.07, 6.45) is 0.904. The molecule has 2 heterocycles. The molecular formula is C15H19N3O2. The number of H-pyrrole nitrogens is 1.